The van der Waals surface area contributed by atoms with Crippen LogP contribution in [0.5, 0.6) is 0 Å². The molecule has 0 aliphatic carbocycles. The first-order valence-corrected chi connectivity index (χ1v) is 9.42. The van der Waals surface area contributed by atoms with E-state index in [1.54, 1.807) is 7.05 Å². The minimum absolute atomic E-state index is 0.0343. The molecule has 0 saturated heterocycles. The van der Waals surface area contributed by atoms with Crippen LogP contribution in [0.25, 0.3) is 0 Å². The second kappa shape index (κ2) is 8.83. The number of likely N-dealkylation sites (N-methyl/N-ethyl adjacent to an activating group) is 1. The molecule has 0 unspecified atom stereocenters. The van der Waals surface area contributed by atoms with Crippen LogP contribution in [0.1, 0.15) is 51.6 Å². The predicted molar refractivity (Wildman–Crippen MR) is 99.8 cm³/mol. The van der Waals surface area contributed by atoms with Crippen molar-refractivity contribution in [2.45, 2.75) is 70.0 Å². The molecule has 1 aliphatic rings. The minimum atomic E-state index is -0.785. The molecule has 0 spiro atoms. The van der Waals surface area contributed by atoms with Crippen LogP contribution in [0.3, 0.4) is 0 Å². The van der Waals surface area contributed by atoms with E-state index in [4.69, 9.17) is 5.73 Å². The molecule has 146 valence electrons. The number of hydrogen-bond donors (Lipinski definition) is 3. The lowest BCUT2D eigenvalue weighted by Gasteiger charge is -2.32. The van der Waals surface area contributed by atoms with Gasteiger partial charge in [0.05, 0.1) is 29.9 Å². The lowest BCUT2D eigenvalue weighted by atomic mass is 9.87. The normalized spacial score (nSPS) is 29.0. The molecule has 2 rings (SSSR count). The van der Waals surface area contributed by atoms with Crippen LogP contribution in [-0.4, -0.2) is 57.8 Å². The molecule has 8 heteroatoms. The zero-order valence-electron chi connectivity index (χ0n) is 16.2. The number of Topliss-reactive ketones (excluding diaryl/α,β-unsaturated/α-hetero) is 2. The van der Waals surface area contributed by atoms with Crippen LogP contribution in [0, 0.1) is 0 Å². The number of ketones is 2. The fraction of sp³-hybridized carbons (Fsp3) is 0.778. The van der Waals surface area contributed by atoms with Gasteiger partial charge in [0.1, 0.15) is 0 Å². The van der Waals surface area contributed by atoms with Gasteiger partial charge in [-0.05, 0) is 59.4 Å². The fourth-order valence-corrected chi connectivity index (χ4v) is 3.36. The van der Waals surface area contributed by atoms with Crippen LogP contribution in [0.4, 0.5) is 0 Å². The summed E-state index contributed by atoms with van der Waals surface area (Å²) in [6, 6.07) is 0. The fourth-order valence-electron chi connectivity index (χ4n) is 3.36. The highest BCUT2D eigenvalue weighted by atomic mass is 16.1. The first kappa shape index (κ1) is 20.7. The lowest BCUT2D eigenvalue weighted by Crippen LogP contribution is -2.57. The Morgan fingerprint density at radius 1 is 1.35 bits per heavy atom. The molecule has 0 aromatic carbocycles. The van der Waals surface area contributed by atoms with E-state index in [9.17, 15) is 9.59 Å². The average molecular weight is 364 g/mol. The Kier molecular flexibility index (Phi) is 7.02. The van der Waals surface area contributed by atoms with Crippen molar-refractivity contribution in [1.29, 1.82) is 0 Å². The van der Waals surface area contributed by atoms with E-state index < -0.39 is 11.1 Å². The third kappa shape index (κ3) is 4.96. The monoisotopic (exact) mass is 364 g/mol. The van der Waals surface area contributed by atoms with E-state index in [1.807, 2.05) is 24.7 Å². The highest BCUT2D eigenvalue weighted by Gasteiger charge is 2.35. The highest BCUT2D eigenvalue weighted by molar-refractivity contribution is 5.92. The topological polar surface area (TPSA) is 115 Å². The second-order valence-electron chi connectivity index (χ2n) is 7.60. The summed E-state index contributed by atoms with van der Waals surface area (Å²) < 4.78 is 1.85. The molecule has 1 aliphatic heterocycles. The van der Waals surface area contributed by atoms with E-state index in [1.165, 1.54) is 0 Å². The predicted octanol–water partition coefficient (Wildman–Crippen LogP) is 0.208. The van der Waals surface area contributed by atoms with Crippen LogP contribution in [0.15, 0.2) is 6.20 Å². The maximum Gasteiger partial charge on any atom is 0.166 e. The Hall–Kier alpha value is -1.64. The number of nitrogens with one attached hydrogen (secondary N) is 2. The summed E-state index contributed by atoms with van der Waals surface area (Å²) >= 11 is 0. The summed E-state index contributed by atoms with van der Waals surface area (Å²) in [7, 11) is 1.80. The molecule has 0 saturated carbocycles. The summed E-state index contributed by atoms with van der Waals surface area (Å²) in [5.74, 6) is -0.0154. The Morgan fingerprint density at radius 2 is 2.12 bits per heavy atom. The SMILES string of the molecule is CN[C@@]1(C)CCCc2cn(nn2)CCCC[C@@](C)(C(=O)CN)NCC1=O. The standard InChI is InChI=1S/C18H32N6O2/c1-17(20-3)9-6-7-14-13-24(23-22-14)10-5-4-8-18(2,15(25)11-19)21-12-16(17)26/h13,20-21H,4-12,19H2,1-3H3/t17-,18-/m0/s1. The van der Waals surface area contributed by atoms with Crippen LogP contribution in [-0.2, 0) is 22.6 Å². The van der Waals surface area contributed by atoms with Crippen molar-refractivity contribution < 1.29 is 9.59 Å². The van der Waals surface area contributed by atoms with Gasteiger partial charge in [0.15, 0.2) is 11.6 Å². The summed E-state index contributed by atoms with van der Waals surface area (Å²) in [5, 5.41) is 14.7. The number of nitrogens with zero attached hydrogens (tertiary/aromatic N) is 3. The van der Waals surface area contributed by atoms with Gasteiger partial charge in [-0.15, -0.1) is 5.10 Å². The molecule has 2 heterocycles. The summed E-state index contributed by atoms with van der Waals surface area (Å²) in [6.07, 6.45) is 6.65. The largest absolute Gasteiger partial charge is 0.324 e. The van der Waals surface area contributed by atoms with Gasteiger partial charge in [-0.1, -0.05) is 5.21 Å². The number of nitrogens with two attached hydrogens (primary N) is 1. The molecular formula is C18H32N6O2. The summed E-state index contributed by atoms with van der Waals surface area (Å²) in [5.41, 5.74) is 5.13. The minimum Gasteiger partial charge on any atom is -0.324 e. The van der Waals surface area contributed by atoms with Crippen molar-refractivity contribution in [3.8, 4) is 0 Å². The van der Waals surface area contributed by atoms with Gasteiger partial charge in [-0.3, -0.25) is 19.6 Å². The molecule has 4 N–H and O–H groups in total. The van der Waals surface area contributed by atoms with Gasteiger partial charge >= 0.3 is 0 Å². The molecule has 1 aromatic rings. The zero-order valence-corrected chi connectivity index (χ0v) is 16.2. The molecule has 1 aromatic heterocycles. The van der Waals surface area contributed by atoms with E-state index in [2.05, 4.69) is 20.9 Å². The van der Waals surface area contributed by atoms with Gasteiger partial charge in [0.25, 0.3) is 0 Å². The third-order valence-corrected chi connectivity index (χ3v) is 5.62. The average Bonchev–Trinajstić information content (AvgIpc) is 3.09. The van der Waals surface area contributed by atoms with Crippen molar-refractivity contribution in [3.63, 3.8) is 0 Å². The summed E-state index contributed by atoms with van der Waals surface area (Å²) in [6.45, 7) is 4.64. The Morgan fingerprint density at radius 3 is 2.81 bits per heavy atom. The van der Waals surface area contributed by atoms with Gasteiger partial charge in [0, 0.05) is 12.7 Å². The highest BCUT2D eigenvalue weighted by Crippen LogP contribution is 2.19. The quantitative estimate of drug-likeness (QED) is 0.702. The van der Waals surface area contributed by atoms with Crippen LogP contribution in [0.2, 0.25) is 0 Å². The number of hydrogen-bond acceptors (Lipinski definition) is 7. The molecular weight excluding hydrogens is 332 g/mol. The maximum absolute atomic E-state index is 12.8. The molecule has 0 amide bonds. The van der Waals surface area contributed by atoms with Crippen LogP contribution >= 0.6 is 0 Å². The smallest absolute Gasteiger partial charge is 0.166 e. The molecule has 8 nitrogen and oxygen atoms in total. The number of rotatable bonds is 3. The Bertz CT molecular complexity index is 631. The molecule has 26 heavy (non-hydrogen) atoms. The number of aromatic nitrogens is 3. The Balaban J connectivity index is 2.20. The Labute approximate surface area is 155 Å². The van der Waals surface area contributed by atoms with Gasteiger partial charge in [0.2, 0.25) is 0 Å². The van der Waals surface area contributed by atoms with Crippen molar-refractivity contribution >= 4 is 11.6 Å². The van der Waals surface area contributed by atoms with Gasteiger partial charge < -0.3 is 11.1 Å². The first-order chi connectivity index (χ1) is 12.3. The molecule has 0 fully saturated rings. The zero-order chi connectivity index (χ0) is 19.2. The van der Waals surface area contributed by atoms with Crippen molar-refractivity contribution in [2.75, 3.05) is 20.1 Å². The number of carbonyl (C=O) groups is 2. The van der Waals surface area contributed by atoms with E-state index in [0.29, 0.717) is 12.8 Å². The molecule has 2 bridgehead atoms. The van der Waals surface area contributed by atoms with E-state index in [-0.39, 0.29) is 24.7 Å². The maximum atomic E-state index is 12.8. The number of fused-ring (bicyclic) bond motifs is 2. The number of carbonyl (C=O) groups excluding carboxylic acids is 2. The van der Waals surface area contributed by atoms with E-state index in [0.717, 1.165) is 37.9 Å². The van der Waals surface area contributed by atoms with Gasteiger partial charge in [-0.25, -0.2) is 0 Å². The number of aryl methyl sites for hydroxylation is 2. The van der Waals surface area contributed by atoms with Crippen molar-refractivity contribution in [1.82, 2.24) is 25.6 Å². The van der Waals surface area contributed by atoms with Crippen molar-refractivity contribution in [2.24, 2.45) is 5.73 Å². The first-order valence-electron chi connectivity index (χ1n) is 9.42. The summed E-state index contributed by atoms with van der Waals surface area (Å²) in [4.78, 5) is 25.2. The van der Waals surface area contributed by atoms with Crippen molar-refractivity contribution in [3.05, 3.63) is 11.9 Å². The van der Waals surface area contributed by atoms with Crippen LogP contribution < -0.4 is 16.4 Å². The van der Waals surface area contributed by atoms with Gasteiger partial charge in [-0.2, -0.15) is 0 Å². The molecule has 0 radical (unpaired) electrons. The van der Waals surface area contributed by atoms with E-state index >= 15 is 0 Å². The lowest BCUT2D eigenvalue weighted by molar-refractivity contribution is -0.126. The third-order valence-electron chi connectivity index (χ3n) is 5.62. The second-order valence-corrected chi connectivity index (χ2v) is 7.60. The molecule has 2 atom stereocenters.